The number of likely N-dealkylation sites (tertiary alicyclic amines) is 1. The van der Waals surface area contributed by atoms with E-state index in [4.69, 9.17) is 4.42 Å². The number of oxazole rings is 1. The van der Waals surface area contributed by atoms with Gasteiger partial charge in [0.1, 0.15) is 5.52 Å². The molecule has 1 aliphatic rings. The number of rotatable bonds is 4. The van der Waals surface area contributed by atoms with Gasteiger partial charge < -0.3 is 9.73 Å². The second-order valence-corrected chi connectivity index (χ2v) is 7.94. The molecule has 0 saturated carbocycles. The van der Waals surface area contributed by atoms with Crippen LogP contribution < -0.4 is 5.32 Å². The van der Waals surface area contributed by atoms with E-state index in [1.54, 1.807) is 0 Å². The van der Waals surface area contributed by atoms with Gasteiger partial charge in [0.2, 0.25) is 5.91 Å². The lowest BCUT2D eigenvalue weighted by atomic mass is 9.97. The predicted molar refractivity (Wildman–Crippen MR) is 110 cm³/mol. The van der Waals surface area contributed by atoms with Crippen LogP contribution in [0.4, 0.5) is 5.69 Å². The molecule has 140 valence electrons. The fourth-order valence-corrected chi connectivity index (χ4v) is 3.78. The van der Waals surface area contributed by atoms with E-state index in [2.05, 4.69) is 31.1 Å². The Morgan fingerprint density at radius 1 is 1.26 bits per heavy atom. The summed E-state index contributed by atoms with van der Waals surface area (Å²) >= 11 is 3.48. The summed E-state index contributed by atoms with van der Waals surface area (Å²) in [5, 5.41) is 2.99. The van der Waals surface area contributed by atoms with Gasteiger partial charge in [0.15, 0.2) is 11.5 Å². The number of fused-ring (bicyclic) bond motifs is 1. The number of benzene rings is 2. The first-order valence-electron chi connectivity index (χ1n) is 9.22. The number of piperidine rings is 1. The van der Waals surface area contributed by atoms with E-state index in [0.717, 1.165) is 58.6 Å². The standard InChI is InChI=1S/C21H22BrN3O2/c1-14-12-16(6-7-17(14)22)23-20(26)13-25-10-8-15(9-11-25)21-24-18-4-2-3-5-19(18)27-21/h2-7,12,15H,8-11,13H2,1H3,(H,23,26). The van der Waals surface area contributed by atoms with Crippen molar-refractivity contribution in [1.29, 1.82) is 0 Å². The summed E-state index contributed by atoms with van der Waals surface area (Å²) in [6.07, 6.45) is 1.91. The SMILES string of the molecule is Cc1cc(NC(=O)CN2CCC(c3nc4ccccc4o3)CC2)ccc1Br. The Bertz CT molecular complexity index is 928. The molecular formula is C21H22BrN3O2. The van der Waals surface area contributed by atoms with Crippen molar-refractivity contribution in [3.63, 3.8) is 0 Å². The summed E-state index contributed by atoms with van der Waals surface area (Å²) < 4.78 is 6.95. The fraction of sp³-hybridized carbons (Fsp3) is 0.333. The van der Waals surface area contributed by atoms with Crippen LogP contribution in [0.5, 0.6) is 0 Å². The number of hydrogen-bond acceptors (Lipinski definition) is 4. The monoisotopic (exact) mass is 427 g/mol. The van der Waals surface area contributed by atoms with Gasteiger partial charge in [-0.3, -0.25) is 9.69 Å². The van der Waals surface area contributed by atoms with Crippen LogP contribution in [0.1, 0.15) is 30.2 Å². The number of aryl methyl sites for hydroxylation is 1. The van der Waals surface area contributed by atoms with E-state index >= 15 is 0 Å². The highest BCUT2D eigenvalue weighted by atomic mass is 79.9. The number of carbonyl (C=O) groups excluding carboxylic acids is 1. The number of halogens is 1. The van der Waals surface area contributed by atoms with Crippen molar-refractivity contribution in [1.82, 2.24) is 9.88 Å². The zero-order valence-electron chi connectivity index (χ0n) is 15.2. The molecule has 1 saturated heterocycles. The highest BCUT2D eigenvalue weighted by Crippen LogP contribution is 2.29. The van der Waals surface area contributed by atoms with E-state index in [9.17, 15) is 4.79 Å². The molecule has 2 heterocycles. The normalized spacial score (nSPS) is 15.9. The zero-order chi connectivity index (χ0) is 18.8. The van der Waals surface area contributed by atoms with Crippen molar-refractivity contribution in [3.05, 3.63) is 58.4 Å². The summed E-state index contributed by atoms with van der Waals surface area (Å²) in [6.45, 7) is 4.17. The van der Waals surface area contributed by atoms with Crippen LogP contribution >= 0.6 is 15.9 Å². The van der Waals surface area contributed by atoms with E-state index in [0.29, 0.717) is 12.5 Å². The van der Waals surface area contributed by atoms with E-state index in [1.165, 1.54) is 0 Å². The van der Waals surface area contributed by atoms with E-state index in [1.807, 2.05) is 49.4 Å². The third kappa shape index (κ3) is 4.22. The first-order chi connectivity index (χ1) is 13.1. The molecule has 1 aromatic heterocycles. The van der Waals surface area contributed by atoms with Crippen LogP contribution in [0.15, 0.2) is 51.4 Å². The van der Waals surface area contributed by atoms with Crippen LogP contribution in [0.3, 0.4) is 0 Å². The first-order valence-corrected chi connectivity index (χ1v) is 10.0. The minimum Gasteiger partial charge on any atom is -0.440 e. The summed E-state index contributed by atoms with van der Waals surface area (Å²) in [6, 6.07) is 13.7. The van der Waals surface area contributed by atoms with Crippen molar-refractivity contribution in [2.75, 3.05) is 25.0 Å². The molecule has 1 amide bonds. The third-order valence-electron chi connectivity index (χ3n) is 5.06. The highest BCUT2D eigenvalue weighted by Gasteiger charge is 2.25. The topological polar surface area (TPSA) is 58.4 Å². The van der Waals surface area contributed by atoms with Crippen molar-refractivity contribution < 1.29 is 9.21 Å². The van der Waals surface area contributed by atoms with Gasteiger partial charge in [-0.25, -0.2) is 4.98 Å². The van der Waals surface area contributed by atoms with E-state index in [-0.39, 0.29) is 5.91 Å². The summed E-state index contributed by atoms with van der Waals surface area (Å²) in [5.74, 6) is 1.17. The van der Waals surface area contributed by atoms with Crippen LogP contribution in [0.25, 0.3) is 11.1 Å². The average Bonchev–Trinajstić information content (AvgIpc) is 3.09. The van der Waals surface area contributed by atoms with Gasteiger partial charge in [-0.1, -0.05) is 28.1 Å². The minimum atomic E-state index is 0.0250. The van der Waals surface area contributed by atoms with Crippen LogP contribution in [-0.2, 0) is 4.79 Å². The molecule has 0 spiro atoms. The molecule has 1 aliphatic heterocycles. The maximum absolute atomic E-state index is 12.4. The molecule has 0 unspecified atom stereocenters. The fourth-order valence-electron chi connectivity index (χ4n) is 3.53. The number of amides is 1. The van der Waals surface area contributed by atoms with Crippen molar-refractivity contribution >= 4 is 38.6 Å². The van der Waals surface area contributed by atoms with Gasteiger partial charge in [-0.2, -0.15) is 0 Å². The molecule has 3 aromatic rings. The summed E-state index contributed by atoms with van der Waals surface area (Å²) in [4.78, 5) is 19.2. The highest BCUT2D eigenvalue weighted by molar-refractivity contribution is 9.10. The number of aromatic nitrogens is 1. The average molecular weight is 428 g/mol. The van der Waals surface area contributed by atoms with Crippen molar-refractivity contribution in [2.24, 2.45) is 0 Å². The molecule has 6 heteroatoms. The van der Waals surface area contributed by atoms with Crippen molar-refractivity contribution in [2.45, 2.75) is 25.7 Å². The Morgan fingerprint density at radius 3 is 2.78 bits per heavy atom. The zero-order valence-corrected chi connectivity index (χ0v) is 16.8. The Morgan fingerprint density at radius 2 is 2.04 bits per heavy atom. The Balaban J connectivity index is 1.31. The minimum absolute atomic E-state index is 0.0250. The van der Waals surface area contributed by atoms with Gasteiger partial charge in [0.25, 0.3) is 0 Å². The number of anilines is 1. The lowest BCUT2D eigenvalue weighted by molar-refractivity contribution is -0.117. The maximum atomic E-state index is 12.4. The molecule has 4 rings (SSSR count). The molecule has 1 N–H and O–H groups in total. The summed E-state index contributed by atoms with van der Waals surface area (Å²) in [5.41, 5.74) is 3.70. The largest absolute Gasteiger partial charge is 0.440 e. The molecule has 5 nitrogen and oxygen atoms in total. The Labute approximate surface area is 166 Å². The molecule has 2 aromatic carbocycles. The second kappa shape index (κ2) is 7.82. The lowest BCUT2D eigenvalue weighted by Gasteiger charge is -2.29. The van der Waals surface area contributed by atoms with E-state index < -0.39 is 0 Å². The summed E-state index contributed by atoms with van der Waals surface area (Å²) in [7, 11) is 0. The van der Waals surface area contributed by atoms with Crippen LogP contribution in [0, 0.1) is 6.92 Å². The number of para-hydroxylation sites is 2. The van der Waals surface area contributed by atoms with Gasteiger partial charge in [-0.05, 0) is 68.8 Å². The van der Waals surface area contributed by atoms with Gasteiger partial charge in [0.05, 0.1) is 6.54 Å². The number of nitrogens with zero attached hydrogens (tertiary/aromatic N) is 2. The lowest BCUT2D eigenvalue weighted by Crippen LogP contribution is -2.38. The van der Waals surface area contributed by atoms with Crippen molar-refractivity contribution in [3.8, 4) is 0 Å². The molecule has 0 aliphatic carbocycles. The molecule has 0 bridgehead atoms. The number of hydrogen-bond donors (Lipinski definition) is 1. The van der Waals surface area contributed by atoms with Crippen LogP contribution in [-0.4, -0.2) is 35.4 Å². The number of nitrogens with one attached hydrogen (secondary N) is 1. The Kier molecular flexibility index (Phi) is 5.27. The van der Waals surface area contributed by atoms with Gasteiger partial charge in [0, 0.05) is 16.1 Å². The first kappa shape index (κ1) is 18.2. The molecule has 1 fully saturated rings. The Hall–Kier alpha value is -2.18. The number of carbonyl (C=O) groups is 1. The van der Waals surface area contributed by atoms with Gasteiger partial charge in [-0.15, -0.1) is 0 Å². The quantitative estimate of drug-likeness (QED) is 0.654. The third-order valence-corrected chi connectivity index (χ3v) is 5.95. The van der Waals surface area contributed by atoms with Gasteiger partial charge >= 0.3 is 0 Å². The molecule has 0 atom stereocenters. The predicted octanol–water partition coefficient (Wildman–Crippen LogP) is 4.72. The smallest absolute Gasteiger partial charge is 0.238 e. The van der Waals surface area contributed by atoms with Crippen LogP contribution in [0.2, 0.25) is 0 Å². The molecule has 0 radical (unpaired) electrons. The second-order valence-electron chi connectivity index (χ2n) is 7.08. The maximum Gasteiger partial charge on any atom is 0.238 e. The molecule has 27 heavy (non-hydrogen) atoms. The molecular weight excluding hydrogens is 406 g/mol.